The number of amides is 1. The second-order valence-electron chi connectivity index (χ2n) is 5.67. The number of nitrogens with two attached hydrogens (primary N) is 2. The molecule has 1 amide bonds. The first-order chi connectivity index (χ1) is 12.9. The number of benzene rings is 2. The Balaban J connectivity index is 1.91. The molecular weight excluding hydrogens is 370 g/mol. The smallest absolute Gasteiger partial charge is 0.277 e. The maximum absolute atomic E-state index is 12.5. The van der Waals surface area contributed by atoms with E-state index in [-0.39, 0.29) is 11.3 Å². The number of anilines is 1. The molecule has 0 unspecified atom stereocenters. The molecule has 0 heterocycles. The molecule has 0 spiro atoms. The van der Waals surface area contributed by atoms with E-state index in [9.17, 15) is 13.2 Å². The van der Waals surface area contributed by atoms with E-state index >= 15 is 0 Å². The Morgan fingerprint density at radius 1 is 1.04 bits per heavy atom. The second-order valence-corrected chi connectivity index (χ2v) is 7.48. The van der Waals surface area contributed by atoms with Gasteiger partial charge in [0, 0.05) is 6.42 Å². The van der Waals surface area contributed by atoms with Crippen molar-refractivity contribution in [2.75, 3.05) is 4.41 Å². The lowest BCUT2D eigenvalue weighted by molar-refractivity contribution is -0.119. The third-order valence-corrected chi connectivity index (χ3v) is 5.39. The Bertz CT molecular complexity index is 870. The average molecular weight is 391 g/mol. The zero-order valence-electron chi connectivity index (χ0n) is 14.6. The van der Waals surface area contributed by atoms with Crippen LogP contribution in [0.2, 0.25) is 0 Å². The van der Waals surface area contributed by atoms with Crippen molar-refractivity contribution in [3.05, 3.63) is 60.2 Å². The molecule has 2 rings (SSSR count). The van der Waals surface area contributed by atoms with E-state index in [0.717, 1.165) is 22.8 Å². The number of sulfonamides is 1. The van der Waals surface area contributed by atoms with Gasteiger partial charge in [-0.15, -0.1) is 5.90 Å². The van der Waals surface area contributed by atoms with Gasteiger partial charge in [-0.2, -0.15) is 8.42 Å². The number of nitrogens with zero attached hydrogens (tertiary/aromatic N) is 3. The first-order valence-corrected chi connectivity index (χ1v) is 9.63. The minimum absolute atomic E-state index is 0.124. The molecule has 4 N–H and O–H groups in total. The van der Waals surface area contributed by atoms with Crippen molar-refractivity contribution in [2.24, 2.45) is 22.1 Å². The number of carbonyl (C=O) groups excluding carboxylic acids is 1. The van der Waals surface area contributed by atoms with Crippen molar-refractivity contribution >= 4 is 21.6 Å². The Labute approximate surface area is 157 Å². The topological polar surface area (TPSA) is 140 Å². The molecule has 0 bridgehead atoms. The fraction of sp³-hybridized carbons (Fsp3) is 0.235. The van der Waals surface area contributed by atoms with E-state index in [1.165, 1.54) is 12.1 Å². The van der Waals surface area contributed by atoms with E-state index in [2.05, 4.69) is 21.2 Å². The zero-order valence-corrected chi connectivity index (χ0v) is 15.4. The molecule has 9 nitrogen and oxygen atoms in total. The van der Waals surface area contributed by atoms with Gasteiger partial charge in [0.15, 0.2) is 0 Å². The van der Waals surface area contributed by atoms with Crippen molar-refractivity contribution < 1.29 is 18.2 Å². The summed E-state index contributed by atoms with van der Waals surface area (Å²) < 4.78 is 25.8. The monoisotopic (exact) mass is 391 g/mol. The molecule has 0 aliphatic carbocycles. The molecule has 2 aromatic carbocycles. The van der Waals surface area contributed by atoms with Gasteiger partial charge in [0.1, 0.15) is 0 Å². The van der Waals surface area contributed by atoms with Gasteiger partial charge in [-0.25, -0.2) is 10.3 Å². The molecule has 27 heavy (non-hydrogen) atoms. The van der Waals surface area contributed by atoms with Crippen molar-refractivity contribution in [1.29, 1.82) is 0 Å². The third-order valence-electron chi connectivity index (χ3n) is 3.80. The molecule has 2 aromatic rings. The number of aryl methyl sites for hydroxylation is 1. The molecule has 0 aliphatic heterocycles. The highest BCUT2D eigenvalue weighted by Gasteiger charge is 2.21. The van der Waals surface area contributed by atoms with Crippen LogP contribution in [0.15, 0.2) is 69.9 Å². The van der Waals surface area contributed by atoms with Gasteiger partial charge in [0.2, 0.25) is 0 Å². The molecule has 0 saturated heterocycles. The normalized spacial score (nSPS) is 11.5. The molecule has 0 atom stereocenters. The number of hydrazine groups is 1. The third kappa shape index (κ3) is 5.84. The number of rotatable bonds is 9. The van der Waals surface area contributed by atoms with Crippen LogP contribution in [0.4, 0.5) is 5.69 Å². The van der Waals surface area contributed by atoms with E-state index < -0.39 is 15.9 Å². The summed E-state index contributed by atoms with van der Waals surface area (Å²) >= 11 is 0. The Hall–Kier alpha value is -2.82. The Morgan fingerprint density at radius 2 is 1.70 bits per heavy atom. The van der Waals surface area contributed by atoms with Crippen molar-refractivity contribution in [3.8, 4) is 0 Å². The summed E-state index contributed by atoms with van der Waals surface area (Å²) in [6, 6.07) is 14.9. The summed E-state index contributed by atoms with van der Waals surface area (Å²) in [5.41, 5.74) is 1.36. The minimum atomic E-state index is -3.81. The summed E-state index contributed by atoms with van der Waals surface area (Å²) in [5, 5.41) is 6.19. The lowest BCUT2D eigenvalue weighted by atomic mass is 10.1. The van der Waals surface area contributed by atoms with E-state index in [1.54, 1.807) is 42.5 Å². The second kappa shape index (κ2) is 9.76. The van der Waals surface area contributed by atoms with Crippen LogP contribution < -0.4 is 16.2 Å². The summed E-state index contributed by atoms with van der Waals surface area (Å²) in [7, 11) is -3.81. The quantitative estimate of drug-likeness (QED) is 0.291. The van der Waals surface area contributed by atoms with Crippen LogP contribution in [0, 0.1) is 0 Å². The predicted molar refractivity (Wildman–Crippen MR) is 99.4 cm³/mol. The van der Waals surface area contributed by atoms with Crippen molar-refractivity contribution in [1.82, 2.24) is 0 Å². The average Bonchev–Trinajstić information content (AvgIpc) is 2.70. The van der Waals surface area contributed by atoms with Gasteiger partial charge in [0.25, 0.3) is 15.9 Å². The fourth-order valence-electron chi connectivity index (χ4n) is 2.38. The van der Waals surface area contributed by atoms with Crippen molar-refractivity contribution in [2.45, 2.75) is 30.6 Å². The lowest BCUT2D eigenvalue weighted by Gasteiger charge is -2.19. The molecule has 0 fully saturated rings. The van der Waals surface area contributed by atoms with Crippen molar-refractivity contribution in [3.63, 3.8) is 0 Å². The molecular formula is C17H21N5O4S. The number of hydrogen-bond acceptors (Lipinski definition) is 7. The van der Waals surface area contributed by atoms with Crippen LogP contribution in [0.1, 0.15) is 24.8 Å². The van der Waals surface area contributed by atoms with Gasteiger partial charge >= 0.3 is 0 Å². The molecule has 144 valence electrons. The Kier molecular flexibility index (Phi) is 7.41. The van der Waals surface area contributed by atoms with Gasteiger partial charge < -0.3 is 0 Å². The molecule has 0 saturated carbocycles. The zero-order chi connectivity index (χ0) is 19.7. The molecule has 0 aromatic heterocycles. The van der Waals surface area contributed by atoms with Gasteiger partial charge in [-0.3, -0.25) is 9.73 Å². The fourth-order valence-corrected chi connectivity index (χ4v) is 3.51. The lowest BCUT2D eigenvalue weighted by Crippen LogP contribution is -2.37. The summed E-state index contributed by atoms with van der Waals surface area (Å²) in [6.45, 7) is 0. The first kappa shape index (κ1) is 20.5. The van der Waals surface area contributed by atoms with Gasteiger partial charge in [0.05, 0.1) is 15.9 Å². The summed E-state index contributed by atoms with van der Waals surface area (Å²) in [6.07, 6.45) is 2.37. The van der Waals surface area contributed by atoms with Crippen LogP contribution >= 0.6 is 0 Å². The Morgan fingerprint density at radius 3 is 2.33 bits per heavy atom. The van der Waals surface area contributed by atoms with Crippen LogP contribution in [-0.2, 0) is 26.2 Å². The number of unbranched alkanes of at least 4 members (excludes halogenated alkanes) is 1. The van der Waals surface area contributed by atoms with Crippen LogP contribution in [0.3, 0.4) is 0 Å². The SMILES string of the molecule is NON=NC(=O)CCCCc1ccc(N(N)S(=O)(=O)c2ccccc2)cc1. The van der Waals surface area contributed by atoms with E-state index in [1.807, 2.05) is 0 Å². The number of carbonyl (C=O) groups is 1. The van der Waals surface area contributed by atoms with Crippen LogP contribution in [-0.4, -0.2) is 14.3 Å². The maximum Gasteiger partial charge on any atom is 0.277 e. The molecule has 10 heteroatoms. The first-order valence-electron chi connectivity index (χ1n) is 8.19. The number of hydrogen-bond donors (Lipinski definition) is 2. The van der Waals surface area contributed by atoms with Gasteiger partial charge in [-0.05, 0) is 49.1 Å². The summed E-state index contributed by atoms with van der Waals surface area (Å²) in [4.78, 5) is 15.2. The van der Waals surface area contributed by atoms with Crippen LogP contribution in [0.25, 0.3) is 0 Å². The minimum Gasteiger partial charge on any atom is -0.282 e. The largest absolute Gasteiger partial charge is 0.282 e. The standard InChI is InChI=1S/C17H21N5O4S/c18-22(27(24,25)16-7-2-1-3-8-16)15-12-10-14(11-13-15)6-4-5-9-17(23)20-21-26-19/h1-3,7-8,10-13H,4-6,9,18-19H2. The van der Waals surface area contributed by atoms with E-state index in [4.69, 9.17) is 5.84 Å². The highest BCUT2D eigenvalue weighted by Crippen LogP contribution is 2.21. The predicted octanol–water partition coefficient (Wildman–Crippen LogP) is 2.25. The molecule has 0 aliphatic rings. The highest BCUT2D eigenvalue weighted by atomic mass is 32.2. The highest BCUT2D eigenvalue weighted by molar-refractivity contribution is 7.92. The van der Waals surface area contributed by atoms with Gasteiger partial charge in [-0.1, -0.05) is 35.4 Å². The van der Waals surface area contributed by atoms with Crippen LogP contribution in [0.5, 0.6) is 0 Å². The molecule has 0 radical (unpaired) electrons. The summed E-state index contributed by atoms with van der Waals surface area (Å²) in [5.74, 6) is 10.1. The van der Waals surface area contributed by atoms with E-state index in [0.29, 0.717) is 12.1 Å². The maximum atomic E-state index is 12.5.